The van der Waals surface area contributed by atoms with Crippen LogP contribution < -0.4 is 0 Å². The van der Waals surface area contributed by atoms with Gasteiger partial charge >= 0.3 is 0 Å². The Hall–Kier alpha value is -0.400. The Labute approximate surface area is 123 Å². The first-order valence-electron chi connectivity index (χ1n) is 5.34. The molecule has 0 atom stereocenters. The molecule has 0 radical (unpaired) electrons. The minimum absolute atomic E-state index is 0.0485. The molecule has 0 bridgehead atoms. The van der Waals surface area contributed by atoms with Gasteiger partial charge < -0.3 is 4.90 Å². The third kappa shape index (κ3) is 3.13. The van der Waals surface area contributed by atoms with E-state index in [2.05, 4.69) is 31.9 Å². The number of halogens is 2. The van der Waals surface area contributed by atoms with Crippen molar-refractivity contribution >= 4 is 47.6 Å². The first-order valence-corrected chi connectivity index (χ1v) is 8.74. The summed E-state index contributed by atoms with van der Waals surface area (Å²) >= 11 is 6.66. The molecule has 4 nitrogen and oxygen atoms in total. The SMILES string of the molecule is O=C(c1ccc(Br)cc1Br)N1CCS(=O)(=O)CC1. The van der Waals surface area contributed by atoms with Gasteiger partial charge in [0.25, 0.3) is 5.91 Å². The minimum atomic E-state index is -2.96. The van der Waals surface area contributed by atoms with Gasteiger partial charge in [-0.25, -0.2) is 8.42 Å². The van der Waals surface area contributed by atoms with E-state index in [9.17, 15) is 13.2 Å². The largest absolute Gasteiger partial charge is 0.337 e. The maximum atomic E-state index is 12.2. The van der Waals surface area contributed by atoms with Crippen molar-refractivity contribution in [2.24, 2.45) is 0 Å². The number of hydrogen-bond donors (Lipinski definition) is 0. The van der Waals surface area contributed by atoms with Crippen LogP contribution in [0.4, 0.5) is 0 Å². The van der Waals surface area contributed by atoms with Gasteiger partial charge in [-0.3, -0.25) is 4.79 Å². The fourth-order valence-corrected chi connectivity index (χ4v) is 4.17. The van der Waals surface area contributed by atoms with Crippen molar-refractivity contribution in [1.29, 1.82) is 0 Å². The summed E-state index contributed by atoms with van der Waals surface area (Å²) in [6.07, 6.45) is 0. The molecule has 1 aliphatic heterocycles. The van der Waals surface area contributed by atoms with Crippen LogP contribution in [0, 0.1) is 0 Å². The fraction of sp³-hybridized carbons (Fsp3) is 0.364. The number of carbonyl (C=O) groups is 1. The summed E-state index contributed by atoms with van der Waals surface area (Å²) in [4.78, 5) is 13.8. The average molecular weight is 397 g/mol. The highest BCUT2D eigenvalue weighted by Gasteiger charge is 2.26. The van der Waals surface area contributed by atoms with E-state index in [-0.39, 0.29) is 30.5 Å². The molecule has 1 saturated heterocycles. The van der Waals surface area contributed by atoms with Gasteiger partial charge in [0.1, 0.15) is 0 Å². The van der Waals surface area contributed by atoms with Gasteiger partial charge in [-0.15, -0.1) is 0 Å². The Kier molecular flexibility index (Phi) is 4.13. The molecule has 0 saturated carbocycles. The van der Waals surface area contributed by atoms with Crippen LogP contribution in [0.1, 0.15) is 10.4 Å². The summed E-state index contributed by atoms with van der Waals surface area (Å²) in [6.45, 7) is 0.535. The third-order valence-electron chi connectivity index (χ3n) is 2.79. The van der Waals surface area contributed by atoms with E-state index < -0.39 is 9.84 Å². The van der Waals surface area contributed by atoms with Crippen LogP contribution in [0.3, 0.4) is 0 Å². The third-order valence-corrected chi connectivity index (χ3v) is 5.55. The van der Waals surface area contributed by atoms with Gasteiger partial charge in [-0.2, -0.15) is 0 Å². The van der Waals surface area contributed by atoms with Gasteiger partial charge in [-0.05, 0) is 34.1 Å². The van der Waals surface area contributed by atoms with Gasteiger partial charge in [-0.1, -0.05) is 15.9 Å². The quantitative estimate of drug-likeness (QED) is 0.730. The number of amides is 1. The van der Waals surface area contributed by atoms with Crippen molar-refractivity contribution in [2.45, 2.75) is 0 Å². The zero-order chi connectivity index (χ0) is 13.3. The normalized spacial score (nSPS) is 18.7. The highest BCUT2D eigenvalue weighted by molar-refractivity contribution is 9.11. The van der Waals surface area contributed by atoms with Crippen LogP contribution in [0.5, 0.6) is 0 Å². The van der Waals surface area contributed by atoms with Crippen molar-refractivity contribution in [3.8, 4) is 0 Å². The van der Waals surface area contributed by atoms with Crippen LogP contribution in [0.15, 0.2) is 27.1 Å². The lowest BCUT2D eigenvalue weighted by atomic mass is 10.2. The second-order valence-electron chi connectivity index (χ2n) is 4.07. The highest BCUT2D eigenvalue weighted by atomic mass is 79.9. The number of hydrogen-bond acceptors (Lipinski definition) is 3. The van der Waals surface area contributed by atoms with Crippen molar-refractivity contribution in [3.05, 3.63) is 32.7 Å². The molecule has 0 unspecified atom stereocenters. The van der Waals surface area contributed by atoms with E-state index in [0.717, 1.165) is 4.47 Å². The molecule has 98 valence electrons. The molecule has 7 heteroatoms. The average Bonchev–Trinajstić information content (AvgIpc) is 2.28. The Morgan fingerprint density at radius 3 is 2.33 bits per heavy atom. The van der Waals surface area contributed by atoms with Gasteiger partial charge in [0.15, 0.2) is 9.84 Å². The van der Waals surface area contributed by atoms with E-state index in [4.69, 9.17) is 0 Å². The number of rotatable bonds is 1. The summed E-state index contributed by atoms with van der Waals surface area (Å²) in [6, 6.07) is 5.31. The molecule has 1 heterocycles. The fourth-order valence-electron chi connectivity index (χ4n) is 1.75. The van der Waals surface area contributed by atoms with Gasteiger partial charge in [0.2, 0.25) is 0 Å². The lowest BCUT2D eigenvalue weighted by Crippen LogP contribution is -2.43. The maximum absolute atomic E-state index is 12.2. The Bertz CT molecular complexity index is 572. The molecule has 1 amide bonds. The first-order chi connectivity index (χ1) is 8.39. The molecular weight excluding hydrogens is 386 g/mol. The predicted octanol–water partition coefficient (Wildman–Crippen LogP) is 2.08. The molecule has 0 spiro atoms. The monoisotopic (exact) mass is 395 g/mol. The Morgan fingerprint density at radius 2 is 1.78 bits per heavy atom. The van der Waals surface area contributed by atoms with Crippen LogP contribution >= 0.6 is 31.9 Å². The molecule has 0 aliphatic carbocycles. The second kappa shape index (κ2) is 5.30. The lowest BCUT2D eigenvalue weighted by Gasteiger charge is -2.27. The van der Waals surface area contributed by atoms with E-state index in [1.54, 1.807) is 23.1 Å². The van der Waals surface area contributed by atoms with Crippen molar-refractivity contribution in [3.63, 3.8) is 0 Å². The zero-order valence-corrected chi connectivity index (χ0v) is 13.4. The Balaban J connectivity index is 2.17. The van der Waals surface area contributed by atoms with Crippen LogP contribution in [-0.4, -0.2) is 43.8 Å². The molecule has 0 N–H and O–H groups in total. The molecule has 1 fully saturated rings. The predicted molar refractivity (Wildman–Crippen MR) is 76.4 cm³/mol. The number of nitrogens with zero attached hydrogens (tertiary/aromatic N) is 1. The first kappa shape index (κ1) is 14.0. The molecule has 1 aromatic rings. The van der Waals surface area contributed by atoms with Crippen molar-refractivity contribution in [2.75, 3.05) is 24.6 Å². The number of carbonyl (C=O) groups excluding carboxylic acids is 1. The van der Waals surface area contributed by atoms with Crippen molar-refractivity contribution in [1.82, 2.24) is 4.90 Å². The van der Waals surface area contributed by atoms with Gasteiger partial charge in [0.05, 0.1) is 17.1 Å². The standard InChI is InChI=1S/C11H11Br2NO3S/c12-8-1-2-9(10(13)7-8)11(15)14-3-5-18(16,17)6-4-14/h1-2,7H,3-6H2. The minimum Gasteiger partial charge on any atom is -0.337 e. The summed E-state index contributed by atoms with van der Waals surface area (Å²) in [5.74, 6) is -0.0379. The highest BCUT2D eigenvalue weighted by Crippen LogP contribution is 2.23. The Morgan fingerprint density at radius 1 is 1.17 bits per heavy atom. The van der Waals surface area contributed by atoms with E-state index in [0.29, 0.717) is 10.0 Å². The second-order valence-corrected chi connectivity index (χ2v) is 8.14. The van der Waals surface area contributed by atoms with E-state index in [1.165, 1.54) is 0 Å². The van der Waals surface area contributed by atoms with E-state index >= 15 is 0 Å². The van der Waals surface area contributed by atoms with Crippen LogP contribution in [0.25, 0.3) is 0 Å². The summed E-state index contributed by atoms with van der Waals surface area (Å²) in [5.41, 5.74) is 0.553. The molecular formula is C11H11Br2NO3S. The van der Waals surface area contributed by atoms with Gasteiger partial charge in [0, 0.05) is 22.0 Å². The summed E-state index contributed by atoms with van der Waals surface area (Å²) < 4.78 is 24.2. The summed E-state index contributed by atoms with van der Waals surface area (Å²) in [5, 5.41) is 0. The molecule has 1 aliphatic rings. The number of sulfone groups is 1. The smallest absolute Gasteiger partial charge is 0.255 e. The van der Waals surface area contributed by atoms with Crippen LogP contribution in [-0.2, 0) is 9.84 Å². The number of benzene rings is 1. The topological polar surface area (TPSA) is 54.5 Å². The summed E-state index contributed by atoms with van der Waals surface area (Å²) in [7, 11) is -2.96. The molecule has 1 aromatic carbocycles. The molecule has 0 aromatic heterocycles. The van der Waals surface area contributed by atoms with Crippen LogP contribution in [0.2, 0.25) is 0 Å². The maximum Gasteiger partial charge on any atom is 0.255 e. The van der Waals surface area contributed by atoms with E-state index in [1.807, 2.05) is 0 Å². The molecule has 18 heavy (non-hydrogen) atoms. The lowest BCUT2D eigenvalue weighted by molar-refractivity contribution is 0.0769. The zero-order valence-electron chi connectivity index (χ0n) is 9.40. The van der Waals surface area contributed by atoms with Crippen molar-refractivity contribution < 1.29 is 13.2 Å². The molecule has 2 rings (SSSR count).